The second kappa shape index (κ2) is 5.64. The van der Waals surface area contributed by atoms with E-state index in [9.17, 15) is 18.3 Å². The van der Waals surface area contributed by atoms with Gasteiger partial charge in [-0.25, -0.2) is 13.2 Å². The molecule has 24 heavy (non-hydrogen) atoms. The molecule has 0 bridgehead atoms. The first-order chi connectivity index (χ1) is 11.3. The van der Waals surface area contributed by atoms with Crippen molar-refractivity contribution < 1.29 is 18.3 Å². The molecular formula is C16H15N3O4S. The lowest BCUT2D eigenvalue weighted by molar-refractivity contribution is 0.0691. The lowest BCUT2D eigenvalue weighted by Gasteiger charge is -2.08. The second-order valence-corrected chi connectivity index (χ2v) is 7.11. The predicted octanol–water partition coefficient (Wildman–Crippen LogP) is 2.38. The third kappa shape index (κ3) is 2.83. The first-order valence-electron chi connectivity index (χ1n) is 7.07. The quantitative estimate of drug-likeness (QED) is 0.756. The van der Waals surface area contributed by atoms with Gasteiger partial charge in [0, 0.05) is 18.1 Å². The van der Waals surface area contributed by atoms with E-state index in [1.807, 2.05) is 6.92 Å². The summed E-state index contributed by atoms with van der Waals surface area (Å²) in [6, 6.07) is 11.1. The van der Waals surface area contributed by atoms with E-state index in [1.54, 1.807) is 31.3 Å². The van der Waals surface area contributed by atoms with E-state index < -0.39 is 16.0 Å². The number of rotatable bonds is 4. The van der Waals surface area contributed by atoms with Crippen molar-refractivity contribution in [2.75, 3.05) is 4.72 Å². The van der Waals surface area contributed by atoms with E-state index in [4.69, 9.17) is 0 Å². The van der Waals surface area contributed by atoms with Crippen LogP contribution in [0.5, 0.6) is 0 Å². The molecule has 124 valence electrons. The number of aryl methyl sites for hydroxylation is 2. The van der Waals surface area contributed by atoms with E-state index in [0.717, 1.165) is 5.56 Å². The van der Waals surface area contributed by atoms with Gasteiger partial charge in [0.25, 0.3) is 10.0 Å². The molecule has 0 unspecified atom stereocenters. The highest BCUT2D eigenvalue weighted by atomic mass is 32.2. The van der Waals surface area contributed by atoms with Gasteiger partial charge in [0.2, 0.25) is 0 Å². The summed E-state index contributed by atoms with van der Waals surface area (Å²) in [6.07, 6.45) is 0. The number of fused-ring (bicyclic) bond motifs is 1. The highest BCUT2D eigenvalue weighted by molar-refractivity contribution is 7.92. The Labute approximate surface area is 138 Å². The zero-order chi connectivity index (χ0) is 17.5. The molecule has 7 nitrogen and oxygen atoms in total. The summed E-state index contributed by atoms with van der Waals surface area (Å²) in [4.78, 5) is 11.4. The van der Waals surface area contributed by atoms with Crippen LogP contribution in [-0.4, -0.2) is 29.3 Å². The maximum Gasteiger partial charge on any atom is 0.357 e. The molecular weight excluding hydrogens is 330 g/mol. The number of nitrogens with one attached hydrogen (secondary N) is 1. The number of hydrogen-bond acceptors (Lipinski definition) is 4. The lowest BCUT2D eigenvalue weighted by Crippen LogP contribution is -2.12. The van der Waals surface area contributed by atoms with Crippen LogP contribution in [0.3, 0.4) is 0 Å². The molecule has 2 N–H and O–H groups in total. The van der Waals surface area contributed by atoms with Gasteiger partial charge in [-0.2, -0.15) is 5.10 Å². The fourth-order valence-corrected chi connectivity index (χ4v) is 3.47. The summed E-state index contributed by atoms with van der Waals surface area (Å²) in [5.41, 5.74) is 1.71. The standard InChI is InChI=1S/C16H15N3O4S/c1-10-3-6-12(7-4-10)24(22,23)18-11-5-8-14-13(9-11)15(16(20)21)17-19(14)2/h3-9,18H,1-2H3,(H,20,21). The number of anilines is 1. The van der Waals surface area contributed by atoms with E-state index in [-0.39, 0.29) is 16.3 Å². The van der Waals surface area contributed by atoms with Crippen LogP contribution >= 0.6 is 0 Å². The van der Waals surface area contributed by atoms with Crippen LogP contribution in [0.4, 0.5) is 5.69 Å². The summed E-state index contributed by atoms with van der Waals surface area (Å²) < 4.78 is 28.8. The van der Waals surface area contributed by atoms with Crippen molar-refractivity contribution in [3.63, 3.8) is 0 Å². The number of benzene rings is 2. The van der Waals surface area contributed by atoms with Gasteiger partial charge in [0.15, 0.2) is 5.69 Å². The average Bonchev–Trinajstić information content (AvgIpc) is 2.84. The number of aromatic carboxylic acids is 1. The third-order valence-electron chi connectivity index (χ3n) is 3.64. The van der Waals surface area contributed by atoms with Crippen LogP contribution in [0.25, 0.3) is 10.9 Å². The van der Waals surface area contributed by atoms with Crippen LogP contribution in [0.2, 0.25) is 0 Å². The summed E-state index contributed by atoms with van der Waals surface area (Å²) in [5, 5.41) is 13.5. The van der Waals surface area contributed by atoms with Gasteiger partial charge in [0.05, 0.1) is 10.4 Å². The molecule has 0 aliphatic rings. The lowest BCUT2D eigenvalue weighted by atomic mass is 10.2. The highest BCUT2D eigenvalue weighted by Crippen LogP contribution is 2.24. The molecule has 0 spiro atoms. The fourth-order valence-electron chi connectivity index (χ4n) is 2.42. The maximum absolute atomic E-state index is 12.4. The minimum absolute atomic E-state index is 0.121. The largest absolute Gasteiger partial charge is 0.476 e. The van der Waals surface area contributed by atoms with Crippen LogP contribution in [0.15, 0.2) is 47.4 Å². The first-order valence-corrected chi connectivity index (χ1v) is 8.56. The van der Waals surface area contributed by atoms with Crippen LogP contribution in [-0.2, 0) is 17.1 Å². The number of carboxylic acids is 1. The first kappa shape index (κ1) is 16.0. The SMILES string of the molecule is Cc1ccc(S(=O)(=O)Nc2ccc3c(c2)c(C(=O)O)nn3C)cc1. The number of sulfonamides is 1. The van der Waals surface area contributed by atoms with Crippen LogP contribution in [0, 0.1) is 6.92 Å². The highest BCUT2D eigenvalue weighted by Gasteiger charge is 2.18. The smallest absolute Gasteiger partial charge is 0.357 e. The molecule has 2 aromatic carbocycles. The number of aromatic nitrogens is 2. The average molecular weight is 345 g/mol. The Bertz CT molecular complexity index is 1040. The van der Waals surface area contributed by atoms with Gasteiger partial charge >= 0.3 is 5.97 Å². The van der Waals surface area contributed by atoms with Gasteiger partial charge < -0.3 is 5.11 Å². The molecule has 1 aromatic heterocycles. The molecule has 8 heteroatoms. The molecule has 0 amide bonds. The summed E-state index contributed by atoms with van der Waals surface area (Å²) in [7, 11) is -2.12. The Morgan fingerprint density at radius 2 is 1.83 bits per heavy atom. The summed E-state index contributed by atoms with van der Waals surface area (Å²) in [5.74, 6) is -1.17. The van der Waals surface area contributed by atoms with Crippen molar-refractivity contribution >= 4 is 32.6 Å². The van der Waals surface area contributed by atoms with Gasteiger partial charge in [-0.1, -0.05) is 17.7 Å². The van der Waals surface area contributed by atoms with E-state index >= 15 is 0 Å². The third-order valence-corrected chi connectivity index (χ3v) is 5.03. The molecule has 1 heterocycles. The Balaban J connectivity index is 2.02. The number of hydrogen-bond donors (Lipinski definition) is 2. The van der Waals surface area contributed by atoms with Crippen molar-refractivity contribution in [3.05, 3.63) is 53.7 Å². The fraction of sp³-hybridized carbons (Fsp3) is 0.125. The Kier molecular flexibility index (Phi) is 3.76. The Morgan fingerprint density at radius 1 is 1.17 bits per heavy atom. The number of nitrogens with zero attached hydrogens (tertiary/aromatic N) is 2. The molecule has 0 atom stereocenters. The predicted molar refractivity (Wildman–Crippen MR) is 89.7 cm³/mol. The van der Waals surface area contributed by atoms with Crippen molar-refractivity contribution in [1.29, 1.82) is 0 Å². The Morgan fingerprint density at radius 3 is 2.46 bits per heavy atom. The monoisotopic (exact) mass is 345 g/mol. The molecule has 3 rings (SSSR count). The van der Waals surface area contributed by atoms with Gasteiger partial charge in [-0.3, -0.25) is 9.40 Å². The minimum atomic E-state index is -3.75. The second-order valence-electron chi connectivity index (χ2n) is 5.43. The van der Waals surface area contributed by atoms with Gasteiger partial charge in [-0.15, -0.1) is 0 Å². The van der Waals surface area contributed by atoms with Crippen molar-refractivity contribution in [3.8, 4) is 0 Å². The minimum Gasteiger partial charge on any atom is -0.476 e. The van der Waals surface area contributed by atoms with E-state index in [1.165, 1.54) is 22.9 Å². The van der Waals surface area contributed by atoms with Crippen LogP contribution in [0.1, 0.15) is 16.1 Å². The summed E-state index contributed by atoms with van der Waals surface area (Å²) >= 11 is 0. The van der Waals surface area contributed by atoms with Crippen molar-refractivity contribution in [2.45, 2.75) is 11.8 Å². The zero-order valence-electron chi connectivity index (χ0n) is 13.0. The number of carboxylic acid groups (broad SMARTS) is 1. The maximum atomic E-state index is 12.4. The molecule has 0 aliphatic heterocycles. The molecule has 0 radical (unpaired) electrons. The Hall–Kier alpha value is -2.87. The molecule has 3 aromatic rings. The molecule has 0 saturated heterocycles. The zero-order valence-corrected chi connectivity index (χ0v) is 13.8. The molecule has 0 fully saturated rings. The number of carbonyl (C=O) groups is 1. The van der Waals surface area contributed by atoms with E-state index in [0.29, 0.717) is 10.9 Å². The molecule has 0 aliphatic carbocycles. The normalized spacial score (nSPS) is 11.6. The van der Waals surface area contributed by atoms with Gasteiger partial charge in [0.1, 0.15) is 0 Å². The topological polar surface area (TPSA) is 101 Å². The van der Waals surface area contributed by atoms with Gasteiger partial charge in [-0.05, 0) is 37.3 Å². The van der Waals surface area contributed by atoms with E-state index in [2.05, 4.69) is 9.82 Å². The van der Waals surface area contributed by atoms with Crippen molar-refractivity contribution in [1.82, 2.24) is 9.78 Å². The van der Waals surface area contributed by atoms with Crippen molar-refractivity contribution in [2.24, 2.45) is 7.05 Å². The summed E-state index contributed by atoms with van der Waals surface area (Å²) in [6.45, 7) is 1.87. The van der Waals surface area contributed by atoms with Crippen LogP contribution < -0.4 is 4.72 Å². The molecule has 0 saturated carbocycles.